The van der Waals surface area contributed by atoms with Crippen LogP contribution in [0.3, 0.4) is 0 Å². The maximum absolute atomic E-state index is 10.8. The molecule has 0 aromatic carbocycles. The fraction of sp³-hybridized carbons (Fsp3) is 0.875. The summed E-state index contributed by atoms with van der Waals surface area (Å²) in [5, 5.41) is 8.90. The molecule has 2 heterocycles. The van der Waals surface area contributed by atoms with Crippen LogP contribution in [0, 0.1) is 11.8 Å². The van der Waals surface area contributed by atoms with Gasteiger partial charge in [-0.05, 0) is 19.4 Å². The first kappa shape index (κ1) is 8.01. The number of rotatable bonds is 2. The van der Waals surface area contributed by atoms with E-state index in [0.717, 1.165) is 12.8 Å². The summed E-state index contributed by atoms with van der Waals surface area (Å²) in [6.07, 6.45) is 1.91. The molecule has 2 fully saturated rings. The molecule has 4 atom stereocenters. The van der Waals surface area contributed by atoms with Gasteiger partial charge in [0.15, 0.2) is 0 Å². The van der Waals surface area contributed by atoms with Crippen molar-refractivity contribution in [1.29, 1.82) is 0 Å². The van der Waals surface area contributed by atoms with Crippen LogP contribution in [0.15, 0.2) is 0 Å². The minimum absolute atomic E-state index is 0.0428. The maximum atomic E-state index is 10.8. The van der Waals surface area contributed by atoms with Crippen LogP contribution in [0.5, 0.6) is 0 Å². The first-order valence-corrected chi connectivity index (χ1v) is 4.32. The van der Waals surface area contributed by atoms with E-state index in [1.54, 1.807) is 0 Å². The Morgan fingerprint density at radius 3 is 2.67 bits per heavy atom. The van der Waals surface area contributed by atoms with Gasteiger partial charge in [-0.25, -0.2) is 0 Å². The molecule has 0 amide bonds. The van der Waals surface area contributed by atoms with Gasteiger partial charge in [-0.15, -0.1) is 0 Å². The van der Waals surface area contributed by atoms with Crippen molar-refractivity contribution in [3.8, 4) is 0 Å². The van der Waals surface area contributed by atoms with Crippen molar-refractivity contribution in [2.45, 2.75) is 25.0 Å². The lowest BCUT2D eigenvalue weighted by Gasteiger charge is -2.22. The molecule has 0 radical (unpaired) electrons. The molecule has 2 aliphatic heterocycles. The summed E-state index contributed by atoms with van der Waals surface area (Å²) in [5.74, 6) is -1.06. The molecule has 0 aromatic heterocycles. The molecule has 2 saturated heterocycles. The lowest BCUT2D eigenvalue weighted by molar-refractivity contribution is -0.144. The summed E-state index contributed by atoms with van der Waals surface area (Å²) in [7, 11) is 0. The van der Waals surface area contributed by atoms with Crippen molar-refractivity contribution in [3.05, 3.63) is 0 Å². The summed E-state index contributed by atoms with van der Waals surface area (Å²) in [5.41, 5.74) is 5.51. The molecular weight excluding hydrogens is 158 g/mol. The van der Waals surface area contributed by atoms with Gasteiger partial charge in [0.25, 0.3) is 0 Å². The van der Waals surface area contributed by atoms with E-state index in [4.69, 9.17) is 15.6 Å². The summed E-state index contributed by atoms with van der Waals surface area (Å²) in [6, 6.07) is 0. The van der Waals surface area contributed by atoms with Gasteiger partial charge in [0.1, 0.15) is 0 Å². The molecule has 4 heteroatoms. The molecular formula is C8H13NO3. The van der Waals surface area contributed by atoms with Gasteiger partial charge in [0.05, 0.1) is 18.1 Å². The molecule has 0 spiro atoms. The second-order valence-electron chi connectivity index (χ2n) is 3.55. The van der Waals surface area contributed by atoms with Crippen LogP contribution >= 0.6 is 0 Å². The van der Waals surface area contributed by atoms with Crippen molar-refractivity contribution in [2.75, 3.05) is 6.54 Å². The Morgan fingerprint density at radius 1 is 1.50 bits per heavy atom. The first-order valence-electron chi connectivity index (χ1n) is 4.32. The lowest BCUT2D eigenvalue weighted by Crippen LogP contribution is -2.37. The standard InChI is InChI=1S/C8H13NO3/c9-3-4-5-1-2-6(12-5)7(4)8(10)11/h4-7H,1-3,9H2,(H,10,11). The van der Waals surface area contributed by atoms with Crippen molar-refractivity contribution < 1.29 is 14.6 Å². The number of hydrogen-bond acceptors (Lipinski definition) is 3. The van der Waals surface area contributed by atoms with Crippen molar-refractivity contribution >= 4 is 5.97 Å². The molecule has 12 heavy (non-hydrogen) atoms. The number of nitrogens with two attached hydrogens (primary N) is 1. The topological polar surface area (TPSA) is 72.5 Å². The Hall–Kier alpha value is -0.610. The van der Waals surface area contributed by atoms with Crippen LogP contribution in [-0.2, 0) is 9.53 Å². The van der Waals surface area contributed by atoms with E-state index >= 15 is 0 Å². The van der Waals surface area contributed by atoms with Crippen molar-refractivity contribution in [1.82, 2.24) is 0 Å². The van der Waals surface area contributed by atoms with Crippen LogP contribution < -0.4 is 5.73 Å². The molecule has 4 unspecified atom stereocenters. The Morgan fingerprint density at radius 2 is 2.17 bits per heavy atom. The SMILES string of the molecule is NCC1C2CCC(O2)C1C(=O)O. The van der Waals surface area contributed by atoms with Gasteiger partial charge in [-0.2, -0.15) is 0 Å². The molecule has 3 N–H and O–H groups in total. The molecule has 68 valence electrons. The quantitative estimate of drug-likeness (QED) is 0.604. The molecule has 2 rings (SSSR count). The summed E-state index contributed by atoms with van der Waals surface area (Å²) in [6.45, 7) is 0.429. The highest BCUT2D eigenvalue weighted by Crippen LogP contribution is 2.42. The van der Waals surface area contributed by atoms with E-state index in [0.29, 0.717) is 6.54 Å². The average Bonchev–Trinajstić information content (AvgIpc) is 2.60. The first-order chi connectivity index (χ1) is 5.74. The number of fused-ring (bicyclic) bond motifs is 2. The van der Waals surface area contributed by atoms with Crippen molar-refractivity contribution in [2.24, 2.45) is 17.6 Å². The third-order valence-electron chi connectivity index (χ3n) is 2.98. The van der Waals surface area contributed by atoms with Crippen LogP contribution in [0.4, 0.5) is 0 Å². The minimum Gasteiger partial charge on any atom is -0.481 e. The molecule has 2 bridgehead atoms. The molecule has 4 nitrogen and oxygen atoms in total. The van der Waals surface area contributed by atoms with Crippen LogP contribution in [0.1, 0.15) is 12.8 Å². The van der Waals surface area contributed by atoms with Gasteiger partial charge in [0.2, 0.25) is 0 Å². The normalized spacial score (nSPS) is 45.1. The summed E-state index contributed by atoms with van der Waals surface area (Å²) >= 11 is 0. The molecule has 2 aliphatic rings. The van der Waals surface area contributed by atoms with E-state index in [2.05, 4.69) is 0 Å². The zero-order valence-electron chi connectivity index (χ0n) is 6.77. The Kier molecular flexibility index (Phi) is 1.81. The zero-order chi connectivity index (χ0) is 8.72. The van der Waals surface area contributed by atoms with E-state index in [9.17, 15) is 4.79 Å². The molecule has 0 saturated carbocycles. The lowest BCUT2D eigenvalue weighted by atomic mass is 9.79. The van der Waals surface area contributed by atoms with Crippen molar-refractivity contribution in [3.63, 3.8) is 0 Å². The number of aliphatic carboxylic acids is 1. The van der Waals surface area contributed by atoms with Gasteiger partial charge in [0, 0.05) is 5.92 Å². The largest absolute Gasteiger partial charge is 0.481 e. The fourth-order valence-electron chi connectivity index (χ4n) is 2.42. The van der Waals surface area contributed by atoms with Gasteiger partial charge < -0.3 is 15.6 Å². The van der Waals surface area contributed by atoms with E-state index < -0.39 is 5.97 Å². The number of carboxylic acids is 1. The highest BCUT2D eigenvalue weighted by molar-refractivity contribution is 5.72. The predicted molar refractivity (Wildman–Crippen MR) is 41.6 cm³/mol. The Balaban J connectivity index is 2.16. The Bertz CT molecular complexity index is 206. The van der Waals surface area contributed by atoms with Gasteiger partial charge in [-0.3, -0.25) is 4.79 Å². The monoisotopic (exact) mass is 171 g/mol. The summed E-state index contributed by atoms with van der Waals surface area (Å²) < 4.78 is 5.49. The summed E-state index contributed by atoms with van der Waals surface area (Å²) in [4.78, 5) is 10.8. The number of ether oxygens (including phenoxy) is 1. The van der Waals surface area contributed by atoms with E-state index in [1.807, 2.05) is 0 Å². The second-order valence-corrected chi connectivity index (χ2v) is 3.55. The Labute approximate surface area is 70.7 Å². The highest BCUT2D eigenvalue weighted by Gasteiger charge is 2.51. The zero-order valence-corrected chi connectivity index (χ0v) is 6.77. The smallest absolute Gasteiger partial charge is 0.309 e. The average molecular weight is 171 g/mol. The van der Waals surface area contributed by atoms with Crippen LogP contribution in [0.2, 0.25) is 0 Å². The van der Waals surface area contributed by atoms with Gasteiger partial charge in [-0.1, -0.05) is 0 Å². The number of hydrogen-bond donors (Lipinski definition) is 2. The van der Waals surface area contributed by atoms with E-state index in [1.165, 1.54) is 0 Å². The third kappa shape index (κ3) is 0.949. The highest BCUT2D eigenvalue weighted by atomic mass is 16.5. The van der Waals surface area contributed by atoms with Crippen LogP contribution in [0.25, 0.3) is 0 Å². The number of carboxylic acid groups (broad SMARTS) is 1. The third-order valence-corrected chi connectivity index (χ3v) is 2.98. The van der Waals surface area contributed by atoms with Gasteiger partial charge >= 0.3 is 5.97 Å². The predicted octanol–water partition coefficient (Wildman–Crippen LogP) is -0.177. The fourth-order valence-corrected chi connectivity index (χ4v) is 2.42. The maximum Gasteiger partial charge on any atom is 0.309 e. The molecule has 0 aliphatic carbocycles. The minimum atomic E-state index is -0.752. The molecule has 0 aromatic rings. The van der Waals surface area contributed by atoms with E-state index in [-0.39, 0.29) is 24.0 Å². The number of carbonyl (C=O) groups is 1. The second kappa shape index (κ2) is 2.71. The van der Waals surface area contributed by atoms with Crippen LogP contribution in [-0.4, -0.2) is 29.8 Å².